The zero-order valence-electron chi connectivity index (χ0n) is 11.6. The van der Waals surface area contributed by atoms with Crippen LogP contribution in [0, 0.1) is 17.0 Å². The molecular weight excluding hydrogens is 242 g/mol. The van der Waals surface area contributed by atoms with Crippen LogP contribution < -0.4 is 5.32 Å². The highest BCUT2D eigenvalue weighted by atomic mass is 16.6. The number of rotatable bonds is 5. The van der Waals surface area contributed by atoms with E-state index < -0.39 is 0 Å². The van der Waals surface area contributed by atoms with Crippen LogP contribution in [0.4, 0.5) is 11.4 Å². The van der Waals surface area contributed by atoms with Crippen LogP contribution in [-0.4, -0.2) is 35.5 Å². The van der Waals surface area contributed by atoms with Crippen LogP contribution in [0.1, 0.15) is 25.3 Å². The van der Waals surface area contributed by atoms with Gasteiger partial charge in [-0.25, -0.2) is 0 Å². The van der Waals surface area contributed by atoms with Gasteiger partial charge in [0.05, 0.1) is 4.92 Å². The summed E-state index contributed by atoms with van der Waals surface area (Å²) in [5.74, 6) is 0. The van der Waals surface area contributed by atoms with Gasteiger partial charge >= 0.3 is 0 Å². The van der Waals surface area contributed by atoms with E-state index >= 15 is 0 Å². The highest BCUT2D eigenvalue weighted by Crippen LogP contribution is 2.26. The number of nitrogens with zero attached hydrogens (tertiary/aromatic N) is 2. The Kier molecular flexibility index (Phi) is 4.37. The van der Waals surface area contributed by atoms with Crippen LogP contribution in [0.25, 0.3) is 0 Å². The minimum Gasteiger partial charge on any atom is -0.378 e. The first-order chi connectivity index (χ1) is 9.11. The number of anilines is 1. The smallest absolute Gasteiger partial charge is 0.292 e. The second kappa shape index (κ2) is 6.02. The number of nitro groups is 1. The molecule has 0 spiro atoms. The number of benzene rings is 1. The van der Waals surface area contributed by atoms with Crippen molar-refractivity contribution < 1.29 is 4.92 Å². The molecule has 0 aliphatic carbocycles. The zero-order chi connectivity index (χ0) is 13.8. The van der Waals surface area contributed by atoms with Crippen molar-refractivity contribution in [1.82, 2.24) is 4.90 Å². The fraction of sp³-hybridized carbons (Fsp3) is 0.571. The lowest BCUT2D eigenvalue weighted by Gasteiger charge is -2.23. The number of hydrogen-bond acceptors (Lipinski definition) is 4. The van der Waals surface area contributed by atoms with Gasteiger partial charge in [-0.15, -0.1) is 0 Å². The second-order valence-corrected chi connectivity index (χ2v) is 5.08. The summed E-state index contributed by atoms with van der Waals surface area (Å²) in [6.45, 7) is 6.98. The third kappa shape index (κ3) is 3.23. The predicted octanol–water partition coefficient (Wildman–Crippen LogP) is 2.80. The minimum absolute atomic E-state index is 0.168. The molecule has 1 N–H and O–H groups in total. The lowest BCUT2D eigenvalue weighted by molar-refractivity contribution is -0.384. The molecule has 1 saturated heterocycles. The quantitative estimate of drug-likeness (QED) is 0.655. The van der Waals surface area contributed by atoms with E-state index in [2.05, 4.69) is 17.1 Å². The molecule has 1 heterocycles. The standard InChI is InChI=1S/C14H21N3O2/c1-3-16-8-4-5-12(16)10-15-13-7-6-11(2)9-14(13)17(18)19/h6-7,9,12,15H,3-5,8,10H2,1-2H3. The Bertz CT molecular complexity index is 462. The lowest BCUT2D eigenvalue weighted by atomic mass is 10.1. The van der Waals surface area contributed by atoms with Crippen LogP contribution in [0.15, 0.2) is 18.2 Å². The van der Waals surface area contributed by atoms with E-state index in [4.69, 9.17) is 0 Å². The molecule has 19 heavy (non-hydrogen) atoms. The maximum Gasteiger partial charge on any atom is 0.292 e. The summed E-state index contributed by atoms with van der Waals surface area (Å²) < 4.78 is 0. The highest BCUT2D eigenvalue weighted by molar-refractivity contribution is 5.62. The van der Waals surface area contributed by atoms with Crippen LogP contribution in [0.3, 0.4) is 0 Å². The van der Waals surface area contributed by atoms with Crippen LogP contribution in [0.2, 0.25) is 0 Å². The Morgan fingerprint density at radius 2 is 2.32 bits per heavy atom. The van der Waals surface area contributed by atoms with Crippen molar-refractivity contribution in [3.63, 3.8) is 0 Å². The summed E-state index contributed by atoms with van der Waals surface area (Å²) in [5.41, 5.74) is 1.70. The fourth-order valence-electron chi connectivity index (χ4n) is 2.71. The average molecular weight is 263 g/mol. The fourth-order valence-corrected chi connectivity index (χ4v) is 2.71. The van der Waals surface area contributed by atoms with E-state index in [1.165, 1.54) is 12.8 Å². The first kappa shape index (κ1) is 13.8. The second-order valence-electron chi connectivity index (χ2n) is 5.08. The molecule has 0 aromatic heterocycles. The molecule has 1 aliphatic rings. The van der Waals surface area contributed by atoms with Crippen molar-refractivity contribution >= 4 is 11.4 Å². The summed E-state index contributed by atoms with van der Waals surface area (Å²) in [6, 6.07) is 5.82. The van der Waals surface area contributed by atoms with E-state index in [0.29, 0.717) is 11.7 Å². The molecule has 104 valence electrons. The maximum absolute atomic E-state index is 11.0. The first-order valence-electron chi connectivity index (χ1n) is 6.84. The maximum atomic E-state index is 11.0. The van der Waals surface area contributed by atoms with Gasteiger partial charge in [0.2, 0.25) is 0 Å². The van der Waals surface area contributed by atoms with Gasteiger partial charge in [-0.3, -0.25) is 15.0 Å². The Labute approximate surface area is 113 Å². The molecule has 0 radical (unpaired) electrons. The van der Waals surface area contributed by atoms with Gasteiger partial charge in [0.15, 0.2) is 0 Å². The molecule has 1 aliphatic heterocycles. The minimum atomic E-state index is -0.318. The third-order valence-corrected chi connectivity index (χ3v) is 3.78. The van der Waals surface area contributed by atoms with Crippen LogP contribution >= 0.6 is 0 Å². The molecule has 1 aromatic rings. The van der Waals surface area contributed by atoms with Gasteiger partial charge in [-0.1, -0.05) is 13.0 Å². The largest absolute Gasteiger partial charge is 0.378 e. The van der Waals surface area contributed by atoms with Crippen molar-refractivity contribution in [2.45, 2.75) is 32.7 Å². The van der Waals surface area contributed by atoms with Gasteiger partial charge < -0.3 is 5.32 Å². The van der Waals surface area contributed by atoms with Gasteiger partial charge in [0, 0.05) is 18.7 Å². The molecule has 1 unspecified atom stereocenters. The van der Waals surface area contributed by atoms with Crippen LogP contribution in [-0.2, 0) is 0 Å². The van der Waals surface area contributed by atoms with Crippen molar-refractivity contribution in [2.24, 2.45) is 0 Å². The lowest BCUT2D eigenvalue weighted by Crippen LogP contribution is -2.34. The Hall–Kier alpha value is -1.62. The van der Waals surface area contributed by atoms with E-state index in [1.54, 1.807) is 12.1 Å². The summed E-state index contributed by atoms with van der Waals surface area (Å²) >= 11 is 0. The van der Waals surface area contributed by atoms with E-state index in [9.17, 15) is 10.1 Å². The van der Waals surface area contributed by atoms with Crippen molar-refractivity contribution in [1.29, 1.82) is 0 Å². The van der Waals surface area contributed by atoms with Crippen molar-refractivity contribution in [3.8, 4) is 0 Å². The highest BCUT2D eigenvalue weighted by Gasteiger charge is 2.23. The molecule has 1 atom stereocenters. The van der Waals surface area contributed by atoms with Crippen molar-refractivity contribution in [2.75, 3.05) is 25.0 Å². The zero-order valence-corrected chi connectivity index (χ0v) is 11.6. The topological polar surface area (TPSA) is 58.4 Å². The number of hydrogen-bond donors (Lipinski definition) is 1. The van der Waals surface area contributed by atoms with Gasteiger partial charge in [0.25, 0.3) is 5.69 Å². The van der Waals surface area contributed by atoms with Gasteiger partial charge in [0.1, 0.15) is 5.69 Å². The molecule has 2 rings (SSSR count). The molecule has 5 nitrogen and oxygen atoms in total. The number of aryl methyl sites for hydroxylation is 1. The first-order valence-corrected chi connectivity index (χ1v) is 6.84. The third-order valence-electron chi connectivity index (χ3n) is 3.78. The molecule has 0 bridgehead atoms. The molecule has 1 aromatic carbocycles. The van der Waals surface area contributed by atoms with E-state index in [0.717, 1.165) is 25.2 Å². The average Bonchev–Trinajstić information content (AvgIpc) is 2.84. The number of likely N-dealkylation sites (tertiary alicyclic amines) is 1. The molecule has 5 heteroatoms. The normalized spacial score (nSPS) is 19.6. The van der Waals surface area contributed by atoms with Crippen LogP contribution in [0.5, 0.6) is 0 Å². The molecule has 1 fully saturated rings. The SMILES string of the molecule is CCN1CCCC1CNc1ccc(C)cc1[N+](=O)[O-]. The summed E-state index contributed by atoms with van der Waals surface area (Å²) in [7, 11) is 0. The Morgan fingerprint density at radius 1 is 1.53 bits per heavy atom. The Morgan fingerprint density at radius 3 is 3.00 bits per heavy atom. The molecule has 0 amide bonds. The van der Waals surface area contributed by atoms with Gasteiger partial charge in [-0.2, -0.15) is 0 Å². The van der Waals surface area contributed by atoms with E-state index in [1.807, 2.05) is 13.0 Å². The number of nitrogens with one attached hydrogen (secondary N) is 1. The summed E-state index contributed by atoms with van der Waals surface area (Å²) in [6.07, 6.45) is 2.39. The predicted molar refractivity (Wildman–Crippen MR) is 76.6 cm³/mol. The van der Waals surface area contributed by atoms with E-state index in [-0.39, 0.29) is 10.6 Å². The van der Waals surface area contributed by atoms with Crippen molar-refractivity contribution in [3.05, 3.63) is 33.9 Å². The molecular formula is C14H21N3O2. The summed E-state index contributed by atoms with van der Waals surface area (Å²) in [5, 5.41) is 14.3. The summed E-state index contributed by atoms with van der Waals surface area (Å²) in [4.78, 5) is 13.2. The van der Waals surface area contributed by atoms with Gasteiger partial charge in [-0.05, 0) is 44.5 Å². The number of nitro benzene ring substituents is 1. The Balaban J connectivity index is 2.05. The molecule has 0 saturated carbocycles. The monoisotopic (exact) mass is 263 g/mol. The number of likely N-dealkylation sites (N-methyl/N-ethyl adjacent to an activating group) is 1.